The number of barbiturate groups is 1. The predicted molar refractivity (Wildman–Crippen MR) is 180 cm³/mol. The van der Waals surface area contributed by atoms with Crippen LogP contribution in [0, 0.1) is 0 Å². The van der Waals surface area contributed by atoms with Gasteiger partial charge >= 0.3 is 12.2 Å². The van der Waals surface area contributed by atoms with Gasteiger partial charge in [-0.1, -0.05) is 57.7 Å². The van der Waals surface area contributed by atoms with E-state index in [-0.39, 0.29) is 45.0 Å². The topological polar surface area (TPSA) is 111 Å². The van der Waals surface area contributed by atoms with Crippen molar-refractivity contribution >= 4 is 23.5 Å². The van der Waals surface area contributed by atoms with Crippen LogP contribution in [0.4, 0.5) is 23.7 Å². The van der Waals surface area contributed by atoms with Crippen LogP contribution in [0.5, 0.6) is 5.75 Å². The molecule has 4 rings (SSSR count). The zero-order chi connectivity index (χ0) is 35.6. The number of nitrogens with zero attached hydrogens (tertiary/aromatic N) is 3. The fourth-order valence-electron chi connectivity index (χ4n) is 6.24. The van der Waals surface area contributed by atoms with E-state index in [1.807, 2.05) is 23.1 Å². The number of benzene rings is 2. The lowest BCUT2D eigenvalue weighted by Crippen LogP contribution is -2.56. The summed E-state index contributed by atoms with van der Waals surface area (Å²) in [6, 6.07) is 12.1. The molecule has 0 bridgehead atoms. The number of aliphatic hydroxyl groups is 2. The Labute approximate surface area is 285 Å². The molecule has 9 nitrogen and oxygen atoms in total. The molecule has 0 atom stereocenters. The third-order valence-corrected chi connectivity index (χ3v) is 8.95. The molecule has 2 N–H and O–H groups in total. The molecule has 12 heteroatoms. The second-order valence-corrected chi connectivity index (χ2v) is 12.8. The first-order valence-electron chi connectivity index (χ1n) is 16.9. The number of aliphatic hydroxyl groups excluding tert-OH is 2. The average molecular weight is 686 g/mol. The number of fused-ring (bicyclic) bond motifs is 1. The third-order valence-electron chi connectivity index (χ3n) is 8.95. The number of halogens is 3. The Morgan fingerprint density at radius 2 is 1.31 bits per heavy atom. The summed E-state index contributed by atoms with van der Waals surface area (Å²) in [5.41, 5.74) is -0.368. The van der Waals surface area contributed by atoms with Crippen molar-refractivity contribution in [3.05, 3.63) is 83.1 Å². The zero-order valence-corrected chi connectivity index (χ0v) is 28.2. The Morgan fingerprint density at radius 3 is 1.86 bits per heavy atom. The van der Waals surface area contributed by atoms with Crippen molar-refractivity contribution in [3.8, 4) is 5.75 Å². The summed E-state index contributed by atoms with van der Waals surface area (Å²) in [5.74, 6) is -0.813. The number of imide groups is 2. The molecule has 266 valence electrons. The molecular weight excluding hydrogens is 639 g/mol. The standard InChI is InChI=1S/C37H46F3N3O6/c1-36(2)30-26-27(37(38,39)40)16-18-31(30)41(22-25-49-28-14-8-7-9-15-28)32(36)19-17-29-33(46)42(20-10-3-5-12-23-44)35(48)43(34(29)47)21-11-4-6-13-24-45/h7-9,14-19,26,44-45H,3-6,10-13,20-25H2,1-2H3/b32-19+. The molecule has 0 radical (unpaired) electrons. The van der Waals surface area contributed by atoms with Crippen LogP contribution < -0.4 is 9.64 Å². The number of alkyl halides is 3. The summed E-state index contributed by atoms with van der Waals surface area (Å²) < 4.78 is 47.3. The second kappa shape index (κ2) is 17.0. The van der Waals surface area contributed by atoms with Crippen LogP contribution >= 0.6 is 0 Å². The highest BCUT2D eigenvalue weighted by molar-refractivity contribution is 6.28. The van der Waals surface area contributed by atoms with Crippen molar-refractivity contribution < 1.29 is 42.5 Å². The first-order valence-corrected chi connectivity index (χ1v) is 16.9. The summed E-state index contributed by atoms with van der Waals surface area (Å²) in [4.78, 5) is 44.8. The molecule has 0 spiro atoms. The minimum atomic E-state index is -4.54. The minimum absolute atomic E-state index is 0.0504. The number of allylic oxidation sites excluding steroid dienone is 3. The summed E-state index contributed by atoms with van der Waals surface area (Å²) in [6.07, 6.45) is 3.47. The molecule has 0 aliphatic carbocycles. The Balaban J connectivity index is 1.69. The van der Waals surface area contributed by atoms with Crippen LogP contribution in [0.3, 0.4) is 0 Å². The average Bonchev–Trinajstić information content (AvgIpc) is 3.28. The maximum Gasteiger partial charge on any atom is 0.416 e. The number of anilines is 1. The molecule has 2 aromatic carbocycles. The number of urea groups is 1. The highest BCUT2D eigenvalue weighted by Gasteiger charge is 2.44. The lowest BCUT2D eigenvalue weighted by molar-refractivity contribution is -0.138. The smallest absolute Gasteiger partial charge is 0.416 e. The van der Waals surface area contributed by atoms with E-state index in [4.69, 9.17) is 14.9 Å². The molecule has 0 unspecified atom stereocenters. The van der Waals surface area contributed by atoms with Gasteiger partial charge in [0.25, 0.3) is 11.8 Å². The minimum Gasteiger partial charge on any atom is -0.492 e. The molecule has 1 fully saturated rings. The lowest BCUT2D eigenvalue weighted by atomic mass is 9.83. The molecule has 4 amide bonds. The highest BCUT2D eigenvalue weighted by atomic mass is 19.4. The van der Waals surface area contributed by atoms with Crippen LogP contribution in [0.15, 0.2) is 72.0 Å². The number of carbonyl (C=O) groups is 3. The molecule has 0 aromatic heterocycles. The quantitative estimate of drug-likeness (QED) is 0.110. The molecule has 2 aliphatic heterocycles. The van der Waals surface area contributed by atoms with E-state index in [0.29, 0.717) is 61.2 Å². The van der Waals surface area contributed by atoms with Crippen LogP contribution in [-0.4, -0.2) is 77.3 Å². The van der Waals surface area contributed by atoms with Crippen molar-refractivity contribution in [2.24, 2.45) is 0 Å². The largest absolute Gasteiger partial charge is 0.492 e. The zero-order valence-electron chi connectivity index (χ0n) is 28.2. The molecule has 1 saturated heterocycles. The van der Waals surface area contributed by atoms with E-state index < -0.39 is 35.0 Å². The van der Waals surface area contributed by atoms with Gasteiger partial charge < -0.3 is 19.8 Å². The monoisotopic (exact) mass is 685 g/mol. The number of carbonyl (C=O) groups excluding carboxylic acids is 3. The maximum atomic E-state index is 13.8. The normalized spacial score (nSPS) is 17.0. The van der Waals surface area contributed by atoms with Gasteiger partial charge in [0.05, 0.1) is 12.1 Å². The third kappa shape index (κ3) is 9.10. The molecular formula is C37H46F3N3O6. The Kier molecular flexibility index (Phi) is 13.0. The van der Waals surface area contributed by atoms with Gasteiger partial charge in [-0.2, -0.15) is 13.2 Å². The molecule has 49 heavy (non-hydrogen) atoms. The number of hydrogen-bond acceptors (Lipinski definition) is 7. The summed E-state index contributed by atoms with van der Waals surface area (Å²) in [6.45, 7) is 4.36. The van der Waals surface area contributed by atoms with E-state index >= 15 is 0 Å². The van der Waals surface area contributed by atoms with Crippen LogP contribution in [0.1, 0.15) is 76.3 Å². The molecule has 0 saturated carbocycles. The molecule has 2 heterocycles. The number of ether oxygens (including phenoxy) is 1. The van der Waals surface area contributed by atoms with Gasteiger partial charge in [-0.25, -0.2) is 4.79 Å². The maximum absolute atomic E-state index is 13.8. The van der Waals surface area contributed by atoms with Crippen molar-refractivity contribution in [1.82, 2.24) is 9.80 Å². The number of amides is 4. The van der Waals surface area contributed by atoms with E-state index in [1.165, 1.54) is 12.1 Å². The summed E-state index contributed by atoms with van der Waals surface area (Å²) in [5, 5.41) is 18.2. The van der Waals surface area contributed by atoms with Gasteiger partial charge in [-0.3, -0.25) is 19.4 Å². The number of hydrogen-bond donors (Lipinski definition) is 2. The van der Waals surface area contributed by atoms with Crippen molar-refractivity contribution in [3.63, 3.8) is 0 Å². The number of unbranched alkanes of at least 4 members (excludes halogenated alkanes) is 6. The van der Waals surface area contributed by atoms with Gasteiger partial charge in [-0.05, 0) is 73.7 Å². The molecule has 2 aromatic rings. The van der Waals surface area contributed by atoms with Crippen LogP contribution in [0.2, 0.25) is 0 Å². The lowest BCUT2D eigenvalue weighted by Gasteiger charge is -2.34. The van der Waals surface area contributed by atoms with Gasteiger partial charge in [0.15, 0.2) is 0 Å². The summed E-state index contributed by atoms with van der Waals surface area (Å²) in [7, 11) is 0. The van der Waals surface area contributed by atoms with Crippen LogP contribution in [0.25, 0.3) is 0 Å². The first kappa shape index (κ1) is 37.7. The Morgan fingerprint density at radius 1 is 0.735 bits per heavy atom. The van der Waals surface area contributed by atoms with Crippen molar-refractivity contribution in [1.29, 1.82) is 0 Å². The second-order valence-electron chi connectivity index (χ2n) is 12.8. The predicted octanol–water partition coefficient (Wildman–Crippen LogP) is 6.59. The number of rotatable bonds is 17. The highest BCUT2D eigenvalue weighted by Crippen LogP contribution is 2.49. The van der Waals surface area contributed by atoms with Crippen LogP contribution in [-0.2, 0) is 21.2 Å². The van der Waals surface area contributed by atoms with Crippen molar-refractivity contribution in [2.75, 3.05) is 44.4 Å². The van der Waals surface area contributed by atoms with Crippen molar-refractivity contribution in [2.45, 2.75) is 76.8 Å². The van der Waals surface area contributed by atoms with Gasteiger partial charge in [0.1, 0.15) is 17.9 Å². The SMILES string of the molecule is CC1(C)/C(=C\C=C2C(=O)N(CCCCCCO)C(=O)N(CCCCCCO)C2=O)N(CCOc2ccccc2)c2ccc(C(F)(F)F)cc21. The van der Waals surface area contributed by atoms with Gasteiger partial charge in [-0.15, -0.1) is 0 Å². The van der Waals surface area contributed by atoms with Gasteiger partial charge in [0, 0.05) is 43.1 Å². The van der Waals surface area contributed by atoms with Gasteiger partial charge in [0.2, 0.25) is 0 Å². The first-order chi connectivity index (χ1) is 23.4. The number of para-hydroxylation sites is 1. The Hall–Kier alpha value is -4.16. The molecule has 2 aliphatic rings. The van der Waals surface area contributed by atoms with E-state index in [9.17, 15) is 27.6 Å². The Bertz CT molecular complexity index is 1480. The fraction of sp³-hybridized carbons (Fsp3) is 0.486. The fourth-order valence-corrected chi connectivity index (χ4v) is 6.24. The van der Waals surface area contributed by atoms with E-state index in [2.05, 4.69) is 0 Å². The van der Waals surface area contributed by atoms with E-state index in [0.717, 1.165) is 34.8 Å². The summed E-state index contributed by atoms with van der Waals surface area (Å²) >= 11 is 0. The van der Waals surface area contributed by atoms with E-state index in [1.54, 1.807) is 32.1 Å².